The molecule has 0 bridgehead atoms. The average molecular weight is 316 g/mol. The monoisotopic (exact) mass is 316 g/mol. The Morgan fingerprint density at radius 2 is 2.20 bits per heavy atom. The van der Waals surface area contributed by atoms with E-state index in [4.69, 9.17) is 9.52 Å². The SMILES string of the molecule is Cc1nc(CCNS(=O)(=O)c2cc(CO)oc2C)cs1. The van der Waals surface area contributed by atoms with E-state index < -0.39 is 10.0 Å². The van der Waals surface area contributed by atoms with E-state index in [-0.39, 0.29) is 29.6 Å². The van der Waals surface area contributed by atoms with Crippen LogP contribution in [0.4, 0.5) is 0 Å². The van der Waals surface area contributed by atoms with E-state index in [2.05, 4.69) is 9.71 Å². The highest BCUT2D eigenvalue weighted by Crippen LogP contribution is 2.19. The zero-order valence-electron chi connectivity index (χ0n) is 11.2. The van der Waals surface area contributed by atoms with Crippen molar-refractivity contribution in [3.05, 3.63) is 33.7 Å². The number of aliphatic hydroxyl groups is 1. The fourth-order valence-corrected chi connectivity index (χ4v) is 3.66. The molecule has 0 fully saturated rings. The molecule has 0 saturated heterocycles. The van der Waals surface area contributed by atoms with Crippen molar-refractivity contribution in [2.45, 2.75) is 31.8 Å². The second-order valence-electron chi connectivity index (χ2n) is 4.30. The van der Waals surface area contributed by atoms with Crippen molar-refractivity contribution in [1.29, 1.82) is 0 Å². The molecule has 0 aliphatic heterocycles. The van der Waals surface area contributed by atoms with E-state index >= 15 is 0 Å². The molecule has 0 aromatic carbocycles. The number of thiazole rings is 1. The number of nitrogens with zero attached hydrogens (tertiary/aromatic N) is 1. The molecule has 0 spiro atoms. The molecular weight excluding hydrogens is 300 g/mol. The van der Waals surface area contributed by atoms with Crippen molar-refractivity contribution >= 4 is 21.4 Å². The molecule has 0 atom stereocenters. The van der Waals surface area contributed by atoms with Gasteiger partial charge in [0.25, 0.3) is 0 Å². The highest BCUT2D eigenvalue weighted by molar-refractivity contribution is 7.89. The van der Waals surface area contributed by atoms with Crippen molar-refractivity contribution in [3.63, 3.8) is 0 Å². The number of aromatic nitrogens is 1. The highest BCUT2D eigenvalue weighted by atomic mass is 32.2. The minimum atomic E-state index is -3.62. The van der Waals surface area contributed by atoms with Crippen LogP contribution in [0.1, 0.15) is 22.2 Å². The third kappa shape index (κ3) is 3.45. The number of furan rings is 1. The Morgan fingerprint density at radius 3 is 2.75 bits per heavy atom. The lowest BCUT2D eigenvalue weighted by atomic mass is 10.3. The fraction of sp³-hybridized carbons (Fsp3) is 0.417. The predicted molar refractivity (Wildman–Crippen MR) is 75.1 cm³/mol. The molecule has 0 aliphatic rings. The Bertz CT molecular complexity index is 688. The van der Waals surface area contributed by atoms with Gasteiger partial charge in [0.1, 0.15) is 23.0 Å². The summed E-state index contributed by atoms with van der Waals surface area (Å²) in [6.45, 7) is 3.40. The van der Waals surface area contributed by atoms with Gasteiger partial charge in [-0.3, -0.25) is 0 Å². The van der Waals surface area contributed by atoms with Gasteiger partial charge in [-0.15, -0.1) is 11.3 Å². The van der Waals surface area contributed by atoms with Crippen molar-refractivity contribution in [1.82, 2.24) is 9.71 Å². The first-order valence-electron chi connectivity index (χ1n) is 6.03. The first-order chi connectivity index (χ1) is 9.42. The summed E-state index contributed by atoms with van der Waals surface area (Å²) in [6, 6.07) is 1.34. The van der Waals surface area contributed by atoms with Crippen LogP contribution in [0.25, 0.3) is 0 Å². The number of aryl methyl sites for hydroxylation is 2. The second kappa shape index (κ2) is 6.04. The van der Waals surface area contributed by atoms with Gasteiger partial charge in [-0.25, -0.2) is 18.1 Å². The maximum atomic E-state index is 12.1. The summed E-state index contributed by atoms with van der Waals surface area (Å²) in [4.78, 5) is 4.34. The Labute approximate surface area is 121 Å². The zero-order chi connectivity index (χ0) is 14.8. The van der Waals surface area contributed by atoms with Crippen molar-refractivity contribution in [2.75, 3.05) is 6.54 Å². The lowest BCUT2D eigenvalue weighted by Crippen LogP contribution is -2.26. The Kier molecular flexibility index (Phi) is 4.59. The topological polar surface area (TPSA) is 92.4 Å². The number of hydrogen-bond donors (Lipinski definition) is 2. The Balaban J connectivity index is 2.01. The molecule has 8 heteroatoms. The van der Waals surface area contributed by atoms with Gasteiger partial charge in [-0.2, -0.15) is 0 Å². The molecule has 2 rings (SSSR count). The van der Waals surface area contributed by atoms with Crippen LogP contribution in [0.5, 0.6) is 0 Å². The summed E-state index contributed by atoms with van der Waals surface area (Å²) in [5, 5.41) is 11.8. The molecule has 6 nitrogen and oxygen atoms in total. The van der Waals surface area contributed by atoms with Crippen LogP contribution in [-0.4, -0.2) is 25.1 Å². The quantitative estimate of drug-likeness (QED) is 0.839. The normalized spacial score (nSPS) is 11.9. The maximum absolute atomic E-state index is 12.1. The molecule has 0 unspecified atom stereocenters. The molecule has 0 aliphatic carbocycles. The molecule has 0 radical (unpaired) electrons. The van der Waals surface area contributed by atoms with Crippen LogP contribution >= 0.6 is 11.3 Å². The number of hydrogen-bond acceptors (Lipinski definition) is 6. The smallest absolute Gasteiger partial charge is 0.244 e. The summed E-state index contributed by atoms with van der Waals surface area (Å²) in [6.07, 6.45) is 0.535. The summed E-state index contributed by atoms with van der Waals surface area (Å²) < 4.78 is 31.9. The van der Waals surface area contributed by atoms with Crippen molar-refractivity contribution in [2.24, 2.45) is 0 Å². The van der Waals surface area contributed by atoms with Crippen LogP contribution in [0, 0.1) is 13.8 Å². The zero-order valence-corrected chi connectivity index (χ0v) is 12.8. The molecule has 2 aromatic rings. The fourth-order valence-electron chi connectivity index (χ4n) is 1.78. The van der Waals surface area contributed by atoms with Gasteiger partial charge in [0.15, 0.2) is 0 Å². The minimum absolute atomic E-state index is 0.0657. The van der Waals surface area contributed by atoms with Gasteiger partial charge >= 0.3 is 0 Å². The lowest BCUT2D eigenvalue weighted by molar-refractivity contribution is 0.244. The predicted octanol–water partition coefficient (Wildman–Crippen LogP) is 1.37. The molecule has 0 amide bonds. The van der Waals surface area contributed by atoms with E-state index in [0.29, 0.717) is 6.42 Å². The van der Waals surface area contributed by atoms with Crippen molar-refractivity contribution < 1.29 is 17.9 Å². The van der Waals surface area contributed by atoms with E-state index in [1.54, 1.807) is 6.92 Å². The average Bonchev–Trinajstić information content (AvgIpc) is 2.95. The lowest BCUT2D eigenvalue weighted by Gasteiger charge is -2.04. The van der Waals surface area contributed by atoms with Crippen LogP contribution in [0.2, 0.25) is 0 Å². The first-order valence-corrected chi connectivity index (χ1v) is 8.39. The standard InChI is InChI=1S/C12H16N2O4S2/c1-8-12(5-11(6-15)18-8)20(16,17)13-4-3-10-7-19-9(2)14-10/h5,7,13,15H,3-4,6H2,1-2H3. The molecule has 0 saturated carbocycles. The van der Waals surface area contributed by atoms with Crippen LogP contribution in [0.3, 0.4) is 0 Å². The van der Waals surface area contributed by atoms with E-state index in [1.807, 2.05) is 12.3 Å². The van der Waals surface area contributed by atoms with Gasteiger partial charge in [-0.1, -0.05) is 0 Å². The third-order valence-corrected chi connectivity index (χ3v) is 5.10. The second-order valence-corrected chi connectivity index (χ2v) is 7.09. The summed E-state index contributed by atoms with van der Waals surface area (Å²) >= 11 is 1.54. The molecular formula is C12H16N2O4S2. The van der Waals surface area contributed by atoms with Crippen LogP contribution < -0.4 is 4.72 Å². The van der Waals surface area contributed by atoms with Gasteiger partial charge in [0.2, 0.25) is 10.0 Å². The molecule has 110 valence electrons. The molecule has 2 N–H and O–H groups in total. The van der Waals surface area contributed by atoms with E-state index in [9.17, 15) is 8.42 Å². The highest BCUT2D eigenvalue weighted by Gasteiger charge is 2.20. The van der Waals surface area contributed by atoms with Gasteiger partial charge in [0, 0.05) is 24.4 Å². The van der Waals surface area contributed by atoms with E-state index in [0.717, 1.165) is 10.7 Å². The van der Waals surface area contributed by atoms with Gasteiger partial charge in [-0.05, 0) is 13.8 Å². The molecule has 2 heterocycles. The number of aliphatic hydroxyl groups excluding tert-OH is 1. The Morgan fingerprint density at radius 1 is 1.45 bits per heavy atom. The van der Waals surface area contributed by atoms with Gasteiger partial charge in [0.05, 0.1) is 10.7 Å². The van der Waals surface area contributed by atoms with Crippen LogP contribution in [-0.2, 0) is 23.1 Å². The first kappa shape index (κ1) is 15.2. The molecule has 2 aromatic heterocycles. The molecule has 20 heavy (non-hydrogen) atoms. The Hall–Kier alpha value is -1.22. The van der Waals surface area contributed by atoms with Crippen molar-refractivity contribution in [3.8, 4) is 0 Å². The minimum Gasteiger partial charge on any atom is -0.462 e. The maximum Gasteiger partial charge on any atom is 0.244 e. The number of sulfonamides is 1. The summed E-state index contributed by atoms with van der Waals surface area (Å²) in [5.41, 5.74) is 0.871. The summed E-state index contributed by atoms with van der Waals surface area (Å²) in [5.74, 6) is 0.504. The summed E-state index contributed by atoms with van der Waals surface area (Å²) in [7, 11) is -3.62. The van der Waals surface area contributed by atoms with E-state index in [1.165, 1.54) is 17.4 Å². The largest absolute Gasteiger partial charge is 0.462 e. The van der Waals surface area contributed by atoms with Gasteiger partial charge < -0.3 is 9.52 Å². The number of rotatable bonds is 6. The van der Waals surface area contributed by atoms with Crippen LogP contribution in [0.15, 0.2) is 20.8 Å². The third-order valence-electron chi connectivity index (χ3n) is 2.71. The number of nitrogens with one attached hydrogen (secondary N) is 1.